The fourth-order valence-corrected chi connectivity index (χ4v) is 2.08. The molecule has 2 N–H and O–H groups in total. The number of likely N-dealkylation sites (tertiary alicyclic amines) is 1. The smallest absolute Gasteiger partial charge is 0.304 e. The summed E-state index contributed by atoms with van der Waals surface area (Å²) in [6.45, 7) is 2.85. The number of rotatable bonds is 8. The van der Waals surface area contributed by atoms with Gasteiger partial charge in [-0.25, -0.2) is 0 Å². The number of aliphatic hydroxyl groups is 1. The quantitative estimate of drug-likeness (QED) is 0.628. The molecule has 0 spiro atoms. The van der Waals surface area contributed by atoms with Crippen LogP contribution in [-0.2, 0) is 9.59 Å². The Hall–Kier alpha value is -1.14. The van der Waals surface area contributed by atoms with E-state index in [1.54, 1.807) is 0 Å². The van der Waals surface area contributed by atoms with Gasteiger partial charge in [0, 0.05) is 32.8 Å². The molecule has 0 unspecified atom stereocenters. The highest BCUT2D eigenvalue weighted by Crippen LogP contribution is 2.08. The predicted octanol–water partition coefficient (Wildman–Crippen LogP) is -0.232. The van der Waals surface area contributed by atoms with Crippen molar-refractivity contribution in [3.05, 3.63) is 0 Å². The summed E-state index contributed by atoms with van der Waals surface area (Å²) in [6.07, 6.45) is 2.70. The van der Waals surface area contributed by atoms with Crippen LogP contribution in [0.4, 0.5) is 0 Å². The molecule has 1 fully saturated rings. The lowest BCUT2D eigenvalue weighted by atomic mass is 10.3. The van der Waals surface area contributed by atoms with Crippen molar-refractivity contribution in [1.29, 1.82) is 0 Å². The van der Waals surface area contributed by atoms with Crippen LogP contribution in [0.1, 0.15) is 25.7 Å². The number of amides is 1. The first kappa shape index (κ1) is 14.9. The molecule has 1 aliphatic heterocycles. The Kier molecular flexibility index (Phi) is 6.67. The summed E-state index contributed by atoms with van der Waals surface area (Å²) >= 11 is 0. The van der Waals surface area contributed by atoms with Gasteiger partial charge < -0.3 is 15.1 Å². The zero-order chi connectivity index (χ0) is 13.4. The first-order valence-electron chi connectivity index (χ1n) is 6.46. The third kappa shape index (κ3) is 5.46. The van der Waals surface area contributed by atoms with E-state index in [1.807, 2.05) is 9.80 Å². The van der Waals surface area contributed by atoms with Gasteiger partial charge in [-0.1, -0.05) is 0 Å². The lowest BCUT2D eigenvalue weighted by molar-refractivity contribution is -0.138. The number of aliphatic hydroxyl groups excluding tert-OH is 1. The van der Waals surface area contributed by atoms with Crippen molar-refractivity contribution in [3.8, 4) is 0 Å². The Balaban J connectivity index is 2.37. The van der Waals surface area contributed by atoms with Crippen LogP contribution >= 0.6 is 0 Å². The van der Waals surface area contributed by atoms with Gasteiger partial charge >= 0.3 is 5.97 Å². The standard InChI is InChI=1S/C12H22N2O4/c15-9-3-5-13(8-4-12(17)18)10-11(16)14-6-1-2-7-14/h15H,1-10H2,(H,17,18). The van der Waals surface area contributed by atoms with Crippen LogP contribution in [-0.4, -0.2) is 71.2 Å². The summed E-state index contributed by atoms with van der Waals surface area (Å²) in [6, 6.07) is 0. The molecule has 0 aromatic rings. The van der Waals surface area contributed by atoms with Gasteiger partial charge in [-0.05, 0) is 19.3 Å². The minimum absolute atomic E-state index is 0.0265. The molecule has 6 nitrogen and oxygen atoms in total. The third-order valence-electron chi connectivity index (χ3n) is 3.09. The van der Waals surface area contributed by atoms with E-state index < -0.39 is 5.97 Å². The fourth-order valence-electron chi connectivity index (χ4n) is 2.08. The molecular formula is C12H22N2O4. The van der Waals surface area contributed by atoms with E-state index in [1.165, 1.54) is 0 Å². The van der Waals surface area contributed by atoms with E-state index in [4.69, 9.17) is 10.2 Å². The van der Waals surface area contributed by atoms with E-state index in [2.05, 4.69) is 0 Å². The third-order valence-corrected chi connectivity index (χ3v) is 3.09. The second-order valence-electron chi connectivity index (χ2n) is 4.58. The molecule has 0 aromatic heterocycles. The molecule has 6 heteroatoms. The van der Waals surface area contributed by atoms with Gasteiger partial charge in [0.1, 0.15) is 0 Å². The molecule has 1 rings (SSSR count). The van der Waals surface area contributed by atoms with E-state index >= 15 is 0 Å². The number of carboxylic acid groups (broad SMARTS) is 1. The molecule has 0 atom stereocenters. The first-order chi connectivity index (χ1) is 8.63. The average Bonchev–Trinajstić information content (AvgIpc) is 2.86. The van der Waals surface area contributed by atoms with Crippen LogP contribution in [0.5, 0.6) is 0 Å². The van der Waals surface area contributed by atoms with Crippen LogP contribution in [0.2, 0.25) is 0 Å². The van der Waals surface area contributed by atoms with Gasteiger partial charge in [-0.3, -0.25) is 14.5 Å². The number of hydrogen-bond donors (Lipinski definition) is 2. The van der Waals surface area contributed by atoms with Crippen LogP contribution in [0.15, 0.2) is 0 Å². The lowest BCUT2D eigenvalue weighted by Crippen LogP contribution is -2.40. The van der Waals surface area contributed by atoms with Gasteiger partial charge in [0.15, 0.2) is 0 Å². The van der Waals surface area contributed by atoms with Gasteiger partial charge in [-0.15, -0.1) is 0 Å². The van der Waals surface area contributed by atoms with Crippen molar-refractivity contribution in [2.24, 2.45) is 0 Å². The molecule has 104 valence electrons. The summed E-state index contributed by atoms with van der Waals surface area (Å²) in [4.78, 5) is 26.1. The number of aliphatic carboxylic acids is 1. The van der Waals surface area contributed by atoms with E-state index in [-0.39, 0.29) is 25.5 Å². The van der Waals surface area contributed by atoms with Crippen LogP contribution < -0.4 is 0 Å². The van der Waals surface area contributed by atoms with E-state index in [0.717, 1.165) is 25.9 Å². The molecule has 0 aliphatic carbocycles. The largest absolute Gasteiger partial charge is 0.481 e. The first-order valence-corrected chi connectivity index (χ1v) is 6.46. The van der Waals surface area contributed by atoms with Crippen molar-refractivity contribution in [1.82, 2.24) is 9.80 Å². The number of carboxylic acids is 1. The molecule has 0 saturated carbocycles. The Morgan fingerprint density at radius 1 is 1.17 bits per heavy atom. The maximum atomic E-state index is 11.9. The maximum Gasteiger partial charge on any atom is 0.304 e. The Morgan fingerprint density at radius 3 is 2.39 bits per heavy atom. The van der Waals surface area contributed by atoms with Crippen LogP contribution in [0, 0.1) is 0 Å². The zero-order valence-electron chi connectivity index (χ0n) is 10.7. The highest BCUT2D eigenvalue weighted by Gasteiger charge is 2.20. The second-order valence-corrected chi connectivity index (χ2v) is 4.58. The van der Waals surface area contributed by atoms with Crippen molar-refractivity contribution < 1.29 is 19.8 Å². The number of carbonyl (C=O) groups excluding carboxylic acids is 1. The van der Waals surface area contributed by atoms with Crippen LogP contribution in [0.3, 0.4) is 0 Å². The highest BCUT2D eigenvalue weighted by atomic mass is 16.4. The molecule has 18 heavy (non-hydrogen) atoms. The minimum atomic E-state index is -0.863. The molecule has 0 aromatic carbocycles. The summed E-state index contributed by atoms with van der Waals surface area (Å²) in [5.41, 5.74) is 0. The predicted molar refractivity (Wildman–Crippen MR) is 66.2 cm³/mol. The highest BCUT2D eigenvalue weighted by molar-refractivity contribution is 5.78. The second kappa shape index (κ2) is 8.05. The summed E-state index contributed by atoms with van der Waals surface area (Å²) in [5.74, 6) is -0.798. The van der Waals surface area contributed by atoms with Crippen LogP contribution in [0.25, 0.3) is 0 Å². The van der Waals surface area contributed by atoms with Gasteiger partial charge in [0.2, 0.25) is 5.91 Å². The van der Waals surface area contributed by atoms with Crippen molar-refractivity contribution >= 4 is 11.9 Å². The van der Waals surface area contributed by atoms with E-state index in [0.29, 0.717) is 19.5 Å². The SMILES string of the molecule is O=C(O)CCN(CCCO)CC(=O)N1CCCC1. The number of carbonyl (C=O) groups is 2. The number of nitrogens with zero attached hydrogens (tertiary/aromatic N) is 2. The average molecular weight is 258 g/mol. The van der Waals surface area contributed by atoms with Gasteiger partial charge in [0.05, 0.1) is 13.0 Å². The van der Waals surface area contributed by atoms with E-state index in [9.17, 15) is 9.59 Å². The fraction of sp³-hybridized carbons (Fsp3) is 0.833. The summed E-state index contributed by atoms with van der Waals surface area (Å²) in [5, 5.41) is 17.5. The molecule has 1 saturated heterocycles. The van der Waals surface area contributed by atoms with Crippen molar-refractivity contribution in [3.63, 3.8) is 0 Å². The summed E-state index contributed by atoms with van der Waals surface area (Å²) < 4.78 is 0. The minimum Gasteiger partial charge on any atom is -0.481 e. The Bertz CT molecular complexity index is 277. The maximum absolute atomic E-state index is 11.9. The molecule has 1 aliphatic rings. The molecule has 1 amide bonds. The lowest BCUT2D eigenvalue weighted by Gasteiger charge is -2.24. The van der Waals surface area contributed by atoms with Crippen molar-refractivity contribution in [2.75, 3.05) is 39.3 Å². The summed E-state index contributed by atoms with van der Waals surface area (Å²) in [7, 11) is 0. The topological polar surface area (TPSA) is 81.1 Å². The Labute approximate surface area is 107 Å². The van der Waals surface area contributed by atoms with Crippen molar-refractivity contribution in [2.45, 2.75) is 25.7 Å². The molecule has 1 heterocycles. The molecule has 0 bridgehead atoms. The monoisotopic (exact) mass is 258 g/mol. The van der Waals surface area contributed by atoms with Gasteiger partial charge in [0.25, 0.3) is 0 Å². The number of hydrogen-bond acceptors (Lipinski definition) is 4. The molecular weight excluding hydrogens is 236 g/mol. The molecule has 0 radical (unpaired) electrons. The zero-order valence-corrected chi connectivity index (χ0v) is 10.7. The normalized spacial score (nSPS) is 15.3. The Morgan fingerprint density at radius 2 is 1.83 bits per heavy atom. The van der Waals surface area contributed by atoms with Gasteiger partial charge in [-0.2, -0.15) is 0 Å².